The lowest BCUT2D eigenvalue weighted by Crippen LogP contribution is -2.08. The first-order chi connectivity index (χ1) is 11.1. The second-order valence-electron chi connectivity index (χ2n) is 5.86. The average molecular weight is 301 g/mol. The number of aromatic nitrogens is 1. The van der Waals surface area contributed by atoms with Crippen LogP contribution in [0, 0.1) is 20.8 Å². The quantitative estimate of drug-likeness (QED) is 0.644. The van der Waals surface area contributed by atoms with Crippen molar-refractivity contribution in [1.82, 2.24) is 4.98 Å². The maximum atomic E-state index is 13.2. The molecule has 1 heterocycles. The van der Waals surface area contributed by atoms with Crippen molar-refractivity contribution in [2.75, 3.05) is 0 Å². The first kappa shape index (κ1) is 15.2. The second-order valence-corrected chi connectivity index (χ2v) is 5.86. The van der Waals surface area contributed by atoms with Gasteiger partial charge in [0.15, 0.2) is 5.78 Å². The molecule has 0 aliphatic carbocycles. The van der Waals surface area contributed by atoms with Gasteiger partial charge in [-0.3, -0.25) is 9.78 Å². The van der Waals surface area contributed by atoms with E-state index in [1.807, 2.05) is 56.3 Å². The Labute approximate surface area is 136 Å². The van der Waals surface area contributed by atoms with Gasteiger partial charge in [0.25, 0.3) is 0 Å². The number of pyridine rings is 1. The Balaban J connectivity index is 2.16. The lowest BCUT2D eigenvalue weighted by molar-refractivity contribution is 0.103. The van der Waals surface area contributed by atoms with E-state index < -0.39 is 0 Å². The van der Waals surface area contributed by atoms with Gasteiger partial charge in [-0.15, -0.1) is 0 Å². The molecular formula is C21H19NO. The molecule has 0 radical (unpaired) electrons. The maximum Gasteiger partial charge on any atom is 0.194 e. The van der Waals surface area contributed by atoms with Crippen LogP contribution in [-0.4, -0.2) is 10.8 Å². The molecule has 0 aliphatic heterocycles. The fourth-order valence-electron chi connectivity index (χ4n) is 3.10. The second kappa shape index (κ2) is 6.17. The van der Waals surface area contributed by atoms with Crippen molar-refractivity contribution in [1.29, 1.82) is 0 Å². The van der Waals surface area contributed by atoms with E-state index in [-0.39, 0.29) is 5.78 Å². The molecule has 114 valence electrons. The molecule has 1 aromatic heterocycles. The number of nitrogens with zero attached hydrogens (tertiary/aromatic N) is 1. The minimum atomic E-state index is 0.0567. The van der Waals surface area contributed by atoms with Crippen molar-refractivity contribution in [3.8, 4) is 11.3 Å². The predicted octanol–water partition coefficient (Wildman–Crippen LogP) is 4.90. The molecule has 2 heteroatoms. The van der Waals surface area contributed by atoms with Crippen molar-refractivity contribution >= 4 is 5.78 Å². The zero-order valence-corrected chi connectivity index (χ0v) is 13.6. The summed E-state index contributed by atoms with van der Waals surface area (Å²) >= 11 is 0. The number of hydrogen-bond donors (Lipinski definition) is 0. The number of aryl methyl sites for hydroxylation is 3. The molecule has 3 aromatic rings. The summed E-state index contributed by atoms with van der Waals surface area (Å²) in [6.45, 7) is 6.04. The number of carbonyl (C=O) groups excluding carboxylic acids is 1. The van der Waals surface area contributed by atoms with Gasteiger partial charge in [0.1, 0.15) is 0 Å². The highest BCUT2D eigenvalue weighted by Gasteiger charge is 2.18. The zero-order chi connectivity index (χ0) is 16.4. The maximum absolute atomic E-state index is 13.2. The fourth-order valence-corrected chi connectivity index (χ4v) is 3.10. The summed E-state index contributed by atoms with van der Waals surface area (Å²) in [7, 11) is 0. The summed E-state index contributed by atoms with van der Waals surface area (Å²) in [4.78, 5) is 17.6. The Morgan fingerprint density at radius 3 is 2.17 bits per heavy atom. The van der Waals surface area contributed by atoms with Crippen LogP contribution in [0.15, 0.2) is 60.8 Å². The van der Waals surface area contributed by atoms with Crippen LogP contribution in [-0.2, 0) is 0 Å². The summed E-state index contributed by atoms with van der Waals surface area (Å²) in [6.07, 6.45) is 1.75. The third-order valence-corrected chi connectivity index (χ3v) is 4.02. The van der Waals surface area contributed by atoms with Gasteiger partial charge in [-0.2, -0.15) is 0 Å². The van der Waals surface area contributed by atoms with Crippen LogP contribution in [0.25, 0.3) is 11.3 Å². The van der Waals surface area contributed by atoms with Gasteiger partial charge in [0, 0.05) is 22.9 Å². The van der Waals surface area contributed by atoms with Crippen LogP contribution < -0.4 is 0 Å². The lowest BCUT2D eigenvalue weighted by Gasteiger charge is -2.13. The number of rotatable bonds is 3. The number of carbonyl (C=O) groups is 1. The molecule has 0 spiro atoms. The first-order valence-electron chi connectivity index (χ1n) is 7.71. The van der Waals surface area contributed by atoms with Gasteiger partial charge in [0.05, 0.1) is 5.69 Å². The Morgan fingerprint density at radius 1 is 0.870 bits per heavy atom. The van der Waals surface area contributed by atoms with E-state index in [4.69, 9.17) is 0 Å². The average Bonchev–Trinajstić information content (AvgIpc) is 2.54. The topological polar surface area (TPSA) is 30.0 Å². The van der Waals surface area contributed by atoms with Gasteiger partial charge in [-0.1, -0.05) is 48.0 Å². The molecule has 0 atom stereocenters. The van der Waals surface area contributed by atoms with E-state index in [0.29, 0.717) is 5.56 Å². The molecule has 0 saturated carbocycles. The molecule has 0 aliphatic rings. The summed E-state index contributed by atoms with van der Waals surface area (Å²) in [6, 6.07) is 17.5. The fraction of sp³-hybridized carbons (Fsp3) is 0.143. The number of hydrogen-bond acceptors (Lipinski definition) is 2. The Hall–Kier alpha value is -2.74. The molecule has 0 bridgehead atoms. The van der Waals surface area contributed by atoms with E-state index in [1.165, 1.54) is 5.56 Å². The van der Waals surface area contributed by atoms with E-state index in [2.05, 4.69) is 24.0 Å². The minimum absolute atomic E-state index is 0.0567. The summed E-state index contributed by atoms with van der Waals surface area (Å²) in [5.41, 5.74) is 6.39. The lowest BCUT2D eigenvalue weighted by atomic mass is 9.90. The van der Waals surface area contributed by atoms with Gasteiger partial charge in [-0.05, 0) is 44.0 Å². The third-order valence-electron chi connectivity index (χ3n) is 4.02. The van der Waals surface area contributed by atoms with Gasteiger partial charge >= 0.3 is 0 Å². The Morgan fingerprint density at radius 2 is 1.52 bits per heavy atom. The van der Waals surface area contributed by atoms with Crippen LogP contribution in [0.3, 0.4) is 0 Å². The van der Waals surface area contributed by atoms with Gasteiger partial charge in [0.2, 0.25) is 0 Å². The molecule has 0 fully saturated rings. The summed E-state index contributed by atoms with van der Waals surface area (Å²) in [5, 5.41) is 0. The molecule has 2 aromatic carbocycles. The molecule has 3 rings (SSSR count). The van der Waals surface area contributed by atoms with Crippen molar-refractivity contribution in [2.45, 2.75) is 20.8 Å². The summed E-state index contributed by atoms with van der Waals surface area (Å²) in [5.74, 6) is 0.0567. The van der Waals surface area contributed by atoms with Gasteiger partial charge < -0.3 is 0 Å². The highest BCUT2D eigenvalue weighted by molar-refractivity contribution is 6.14. The van der Waals surface area contributed by atoms with Crippen LogP contribution in [0.1, 0.15) is 32.6 Å². The molecule has 0 unspecified atom stereocenters. The van der Waals surface area contributed by atoms with Crippen LogP contribution in [0.5, 0.6) is 0 Å². The van der Waals surface area contributed by atoms with Crippen LogP contribution >= 0.6 is 0 Å². The van der Waals surface area contributed by atoms with Crippen molar-refractivity contribution in [2.24, 2.45) is 0 Å². The van der Waals surface area contributed by atoms with Crippen molar-refractivity contribution in [3.63, 3.8) is 0 Å². The molecule has 0 saturated heterocycles. The minimum Gasteiger partial charge on any atom is -0.289 e. The van der Waals surface area contributed by atoms with Crippen molar-refractivity contribution < 1.29 is 4.79 Å². The largest absolute Gasteiger partial charge is 0.289 e. The monoisotopic (exact) mass is 301 g/mol. The SMILES string of the molecule is Cc1cc(C)c(C(=O)c2ccccc2-c2ccccn2)c(C)c1. The van der Waals surface area contributed by atoms with Crippen molar-refractivity contribution in [3.05, 3.63) is 88.6 Å². The highest BCUT2D eigenvalue weighted by atomic mass is 16.1. The van der Waals surface area contributed by atoms with E-state index in [1.54, 1.807) is 6.20 Å². The zero-order valence-electron chi connectivity index (χ0n) is 13.6. The predicted molar refractivity (Wildman–Crippen MR) is 93.8 cm³/mol. The Bertz CT molecular complexity index is 843. The first-order valence-corrected chi connectivity index (χ1v) is 7.71. The molecule has 2 nitrogen and oxygen atoms in total. The van der Waals surface area contributed by atoms with E-state index in [0.717, 1.165) is 27.9 Å². The highest BCUT2D eigenvalue weighted by Crippen LogP contribution is 2.27. The third kappa shape index (κ3) is 2.93. The number of benzene rings is 2. The molecular weight excluding hydrogens is 282 g/mol. The van der Waals surface area contributed by atoms with Crippen LogP contribution in [0.4, 0.5) is 0 Å². The normalized spacial score (nSPS) is 10.6. The van der Waals surface area contributed by atoms with Gasteiger partial charge in [-0.25, -0.2) is 0 Å². The van der Waals surface area contributed by atoms with E-state index in [9.17, 15) is 4.79 Å². The molecule has 0 N–H and O–H groups in total. The molecule has 0 amide bonds. The van der Waals surface area contributed by atoms with Crippen LogP contribution in [0.2, 0.25) is 0 Å². The smallest absolute Gasteiger partial charge is 0.194 e. The molecule has 23 heavy (non-hydrogen) atoms. The van der Waals surface area contributed by atoms with E-state index >= 15 is 0 Å². The number of ketones is 1. The summed E-state index contributed by atoms with van der Waals surface area (Å²) < 4.78 is 0. The Kier molecular flexibility index (Phi) is 4.07. The standard InChI is InChI=1S/C21H19NO/c1-14-12-15(2)20(16(3)13-14)21(23)18-9-5-4-8-17(18)19-10-6-7-11-22-19/h4-13H,1-3H3.